The van der Waals surface area contributed by atoms with E-state index < -0.39 is 11.2 Å². The van der Waals surface area contributed by atoms with Crippen molar-refractivity contribution in [3.05, 3.63) is 0 Å². The fourth-order valence-electron chi connectivity index (χ4n) is 2.13. The normalized spacial score (nSPS) is 22.7. The molecular formula is C14H30O2. The molecule has 0 saturated heterocycles. The first kappa shape index (κ1) is 15.9. The SMILES string of the molecule is CC(C(C)C(C)(C)O)C(C)C(C)(O)C(C)C. The van der Waals surface area contributed by atoms with Crippen LogP contribution < -0.4 is 0 Å². The van der Waals surface area contributed by atoms with Crippen LogP contribution in [0.25, 0.3) is 0 Å². The second kappa shape index (κ2) is 5.05. The smallest absolute Gasteiger partial charge is 0.0670 e. The van der Waals surface area contributed by atoms with Crippen LogP contribution in [-0.4, -0.2) is 21.4 Å². The second-order valence-electron chi connectivity index (χ2n) is 6.47. The van der Waals surface area contributed by atoms with Crippen LogP contribution in [0.5, 0.6) is 0 Å². The molecule has 98 valence electrons. The molecule has 2 heteroatoms. The number of hydrogen-bond donors (Lipinski definition) is 2. The summed E-state index contributed by atoms with van der Waals surface area (Å²) in [5.41, 5.74) is -1.38. The van der Waals surface area contributed by atoms with Gasteiger partial charge in [0.25, 0.3) is 0 Å². The molecule has 0 aliphatic carbocycles. The zero-order valence-corrected chi connectivity index (χ0v) is 12.2. The molecule has 0 aromatic rings. The van der Waals surface area contributed by atoms with Gasteiger partial charge in [0.05, 0.1) is 11.2 Å². The van der Waals surface area contributed by atoms with Gasteiger partial charge in [0, 0.05) is 0 Å². The van der Waals surface area contributed by atoms with E-state index in [4.69, 9.17) is 0 Å². The lowest BCUT2D eigenvalue weighted by atomic mass is 9.68. The third kappa shape index (κ3) is 3.46. The Morgan fingerprint density at radius 2 is 1.12 bits per heavy atom. The fraction of sp³-hybridized carbons (Fsp3) is 1.00. The Hall–Kier alpha value is -0.0800. The molecule has 0 heterocycles. The molecule has 0 radical (unpaired) electrons. The summed E-state index contributed by atoms with van der Waals surface area (Å²) in [6.45, 7) is 15.9. The van der Waals surface area contributed by atoms with E-state index in [1.165, 1.54) is 0 Å². The molecule has 0 aromatic heterocycles. The van der Waals surface area contributed by atoms with Crippen molar-refractivity contribution in [1.82, 2.24) is 0 Å². The Kier molecular flexibility index (Phi) is 5.03. The van der Waals surface area contributed by atoms with Crippen molar-refractivity contribution in [2.45, 2.75) is 66.6 Å². The Bertz CT molecular complexity index is 213. The number of rotatable bonds is 5. The summed E-state index contributed by atoms with van der Waals surface area (Å²) in [7, 11) is 0. The van der Waals surface area contributed by atoms with Crippen molar-refractivity contribution in [2.75, 3.05) is 0 Å². The monoisotopic (exact) mass is 230 g/mol. The topological polar surface area (TPSA) is 40.5 Å². The molecule has 0 rings (SSSR count). The Balaban J connectivity index is 4.81. The fourth-order valence-corrected chi connectivity index (χ4v) is 2.13. The molecule has 0 aromatic carbocycles. The highest BCUT2D eigenvalue weighted by Crippen LogP contribution is 2.37. The maximum atomic E-state index is 10.5. The molecule has 2 nitrogen and oxygen atoms in total. The zero-order chi connectivity index (χ0) is 13.3. The van der Waals surface area contributed by atoms with Gasteiger partial charge in [0.15, 0.2) is 0 Å². The van der Waals surface area contributed by atoms with Gasteiger partial charge in [-0.15, -0.1) is 0 Å². The number of aliphatic hydroxyl groups is 2. The van der Waals surface area contributed by atoms with E-state index in [-0.39, 0.29) is 23.7 Å². The van der Waals surface area contributed by atoms with Crippen LogP contribution in [-0.2, 0) is 0 Å². The van der Waals surface area contributed by atoms with E-state index in [0.717, 1.165) is 0 Å². The third-order valence-electron chi connectivity index (χ3n) is 4.78. The maximum absolute atomic E-state index is 10.5. The summed E-state index contributed by atoms with van der Waals surface area (Å²) in [5.74, 6) is 0.818. The first-order chi connectivity index (χ1) is 6.92. The lowest BCUT2D eigenvalue weighted by Crippen LogP contribution is -2.46. The predicted molar refractivity (Wildman–Crippen MR) is 69.3 cm³/mol. The molecule has 0 aliphatic rings. The Morgan fingerprint density at radius 3 is 1.38 bits per heavy atom. The highest BCUT2D eigenvalue weighted by Gasteiger charge is 2.40. The number of hydrogen-bond acceptors (Lipinski definition) is 2. The molecule has 0 saturated carbocycles. The van der Waals surface area contributed by atoms with Gasteiger partial charge in [-0.05, 0) is 44.4 Å². The quantitative estimate of drug-likeness (QED) is 0.762. The van der Waals surface area contributed by atoms with E-state index in [9.17, 15) is 10.2 Å². The van der Waals surface area contributed by atoms with Gasteiger partial charge in [-0.25, -0.2) is 0 Å². The summed E-state index contributed by atoms with van der Waals surface area (Å²) in [6.07, 6.45) is 0. The molecule has 4 unspecified atom stereocenters. The van der Waals surface area contributed by atoms with Crippen LogP contribution in [0.15, 0.2) is 0 Å². The van der Waals surface area contributed by atoms with Gasteiger partial charge in [-0.3, -0.25) is 0 Å². The Labute approximate surface area is 101 Å². The first-order valence-electron chi connectivity index (χ1n) is 6.37. The van der Waals surface area contributed by atoms with Crippen molar-refractivity contribution in [1.29, 1.82) is 0 Å². The first-order valence-corrected chi connectivity index (χ1v) is 6.37. The molecule has 0 bridgehead atoms. The highest BCUT2D eigenvalue weighted by atomic mass is 16.3. The van der Waals surface area contributed by atoms with E-state index >= 15 is 0 Å². The maximum Gasteiger partial charge on any atom is 0.0670 e. The summed E-state index contributed by atoms with van der Waals surface area (Å²) < 4.78 is 0. The third-order valence-corrected chi connectivity index (χ3v) is 4.78. The van der Waals surface area contributed by atoms with E-state index in [1.54, 1.807) is 0 Å². The lowest BCUT2D eigenvalue weighted by molar-refractivity contribution is -0.0862. The van der Waals surface area contributed by atoms with Gasteiger partial charge in [0.2, 0.25) is 0 Å². The average molecular weight is 230 g/mol. The predicted octanol–water partition coefficient (Wildman–Crippen LogP) is 3.07. The largest absolute Gasteiger partial charge is 0.390 e. The van der Waals surface area contributed by atoms with Crippen molar-refractivity contribution >= 4 is 0 Å². The minimum atomic E-state index is -0.694. The summed E-state index contributed by atoms with van der Waals surface area (Å²) >= 11 is 0. The second-order valence-corrected chi connectivity index (χ2v) is 6.47. The van der Waals surface area contributed by atoms with E-state index in [1.807, 2.05) is 34.6 Å². The zero-order valence-electron chi connectivity index (χ0n) is 12.2. The van der Waals surface area contributed by atoms with Gasteiger partial charge < -0.3 is 10.2 Å². The van der Waals surface area contributed by atoms with Gasteiger partial charge in [0.1, 0.15) is 0 Å². The molecule has 0 aliphatic heterocycles. The average Bonchev–Trinajstić information content (AvgIpc) is 2.12. The van der Waals surface area contributed by atoms with Crippen molar-refractivity contribution in [3.63, 3.8) is 0 Å². The van der Waals surface area contributed by atoms with Crippen LogP contribution in [0, 0.1) is 23.7 Å². The van der Waals surface area contributed by atoms with Crippen LogP contribution in [0.4, 0.5) is 0 Å². The lowest BCUT2D eigenvalue weighted by Gasteiger charge is -2.42. The van der Waals surface area contributed by atoms with E-state index in [0.29, 0.717) is 0 Å². The van der Waals surface area contributed by atoms with Gasteiger partial charge in [-0.1, -0.05) is 34.6 Å². The van der Waals surface area contributed by atoms with Crippen LogP contribution >= 0.6 is 0 Å². The summed E-state index contributed by atoms with van der Waals surface area (Å²) in [5, 5.41) is 20.5. The van der Waals surface area contributed by atoms with Gasteiger partial charge >= 0.3 is 0 Å². The molecule has 0 spiro atoms. The molecular weight excluding hydrogens is 200 g/mol. The summed E-state index contributed by atoms with van der Waals surface area (Å²) in [6, 6.07) is 0. The molecule has 2 N–H and O–H groups in total. The summed E-state index contributed by atoms with van der Waals surface area (Å²) in [4.78, 5) is 0. The van der Waals surface area contributed by atoms with E-state index in [2.05, 4.69) is 20.8 Å². The van der Waals surface area contributed by atoms with Crippen molar-refractivity contribution in [3.8, 4) is 0 Å². The molecule has 0 amide bonds. The van der Waals surface area contributed by atoms with Crippen molar-refractivity contribution in [2.24, 2.45) is 23.7 Å². The van der Waals surface area contributed by atoms with Crippen LogP contribution in [0.1, 0.15) is 55.4 Å². The standard InChI is InChI=1S/C14H30O2/c1-9(2)14(8,16)12(5)10(3)11(4)13(6,7)15/h9-12,15-16H,1-8H3. The Morgan fingerprint density at radius 1 is 0.750 bits per heavy atom. The molecule has 4 atom stereocenters. The molecule has 0 fully saturated rings. The minimum absolute atomic E-state index is 0.160. The van der Waals surface area contributed by atoms with Gasteiger partial charge in [-0.2, -0.15) is 0 Å². The van der Waals surface area contributed by atoms with Crippen LogP contribution in [0.3, 0.4) is 0 Å². The minimum Gasteiger partial charge on any atom is -0.390 e. The molecule has 16 heavy (non-hydrogen) atoms. The van der Waals surface area contributed by atoms with Crippen molar-refractivity contribution < 1.29 is 10.2 Å². The van der Waals surface area contributed by atoms with Crippen LogP contribution in [0.2, 0.25) is 0 Å². The highest BCUT2D eigenvalue weighted by molar-refractivity contribution is 4.90.